The fraction of sp³-hybridized carbons (Fsp3) is 0.857. The van der Waals surface area contributed by atoms with E-state index >= 15 is 0 Å². The second-order valence-electron chi connectivity index (χ2n) is 5.54. The summed E-state index contributed by atoms with van der Waals surface area (Å²) in [6, 6.07) is 0. The Labute approximate surface area is 98.8 Å². The van der Waals surface area contributed by atoms with Crippen LogP contribution < -0.4 is 0 Å². The van der Waals surface area contributed by atoms with Gasteiger partial charge in [0.2, 0.25) is 0 Å². The lowest BCUT2D eigenvalue weighted by molar-refractivity contribution is -0.126. The van der Waals surface area contributed by atoms with Crippen LogP contribution in [-0.4, -0.2) is 11.6 Å². The van der Waals surface area contributed by atoms with Crippen molar-refractivity contribution in [3.05, 3.63) is 0 Å². The van der Waals surface area contributed by atoms with Crippen LogP contribution in [0.4, 0.5) is 0 Å². The largest absolute Gasteiger partial charge is 0.300 e. The van der Waals surface area contributed by atoms with E-state index in [2.05, 4.69) is 13.8 Å². The van der Waals surface area contributed by atoms with Crippen molar-refractivity contribution in [2.45, 2.75) is 59.3 Å². The standard InChI is InChI=1S/C14H24O2/c1-10(2)12-7-8-14(16)13(9-12)6-4-5-11(3)15/h10,12-13H,4-9H2,1-3H3/t12-,13-/m1/s1. The third-order valence-corrected chi connectivity index (χ3v) is 3.83. The molecule has 2 heteroatoms. The molecule has 0 aliphatic heterocycles. The van der Waals surface area contributed by atoms with Crippen molar-refractivity contribution < 1.29 is 9.59 Å². The van der Waals surface area contributed by atoms with E-state index in [1.165, 1.54) is 0 Å². The number of carbonyl (C=O) groups excluding carboxylic acids is 2. The molecule has 0 aromatic carbocycles. The highest BCUT2D eigenvalue weighted by molar-refractivity contribution is 5.81. The molecule has 0 aromatic rings. The number of hydrogen-bond acceptors (Lipinski definition) is 2. The van der Waals surface area contributed by atoms with Gasteiger partial charge in [-0.1, -0.05) is 13.8 Å². The van der Waals surface area contributed by atoms with Gasteiger partial charge in [0.25, 0.3) is 0 Å². The topological polar surface area (TPSA) is 34.1 Å². The van der Waals surface area contributed by atoms with E-state index in [0.29, 0.717) is 24.0 Å². The molecule has 92 valence electrons. The normalized spacial score (nSPS) is 26.1. The molecule has 16 heavy (non-hydrogen) atoms. The van der Waals surface area contributed by atoms with Crippen LogP contribution >= 0.6 is 0 Å². The van der Waals surface area contributed by atoms with Gasteiger partial charge in [0.05, 0.1) is 0 Å². The lowest BCUT2D eigenvalue weighted by atomic mass is 9.74. The Morgan fingerprint density at radius 3 is 2.69 bits per heavy atom. The smallest absolute Gasteiger partial charge is 0.135 e. The molecule has 0 amide bonds. The maximum Gasteiger partial charge on any atom is 0.135 e. The van der Waals surface area contributed by atoms with Gasteiger partial charge in [-0.2, -0.15) is 0 Å². The first kappa shape index (κ1) is 13.4. The average Bonchev–Trinajstić information content (AvgIpc) is 2.20. The predicted octanol–water partition coefficient (Wildman–Crippen LogP) is 3.39. The summed E-state index contributed by atoms with van der Waals surface area (Å²) in [6.45, 7) is 6.11. The molecular formula is C14H24O2. The quantitative estimate of drug-likeness (QED) is 0.717. The second-order valence-corrected chi connectivity index (χ2v) is 5.54. The Morgan fingerprint density at radius 2 is 2.12 bits per heavy atom. The number of Topliss-reactive ketones (excluding diaryl/α,β-unsaturated/α-hetero) is 2. The summed E-state index contributed by atoms with van der Waals surface area (Å²) in [4.78, 5) is 22.6. The van der Waals surface area contributed by atoms with E-state index in [-0.39, 0.29) is 11.7 Å². The maximum atomic E-state index is 11.8. The fourth-order valence-corrected chi connectivity index (χ4v) is 2.63. The summed E-state index contributed by atoms with van der Waals surface area (Å²) < 4.78 is 0. The molecule has 1 fully saturated rings. The summed E-state index contributed by atoms with van der Waals surface area (Å²) in [5.74, 6) is 2.30. The van der Waals surface area contributed by atoms with Crippen molar-refractivity contribution in [3.63, 3.8) is 0 Å². The van der Waals surface area contributed by atoms with Gasteiger partial charge in [-0.25, -0.2) is 0 Å². The van der Waals surface area contributed by atoms with Crippen molar-refractivity contribution in [2.24, 2.45) is 17.8 Å². The van der Waals surface area contributed by atoms with Crippen LogP contribution in [0, 0.1) is 17.8 Å². The molecule has 1 aliphatic rings. The van der Waals surface area contributed by atoms with Crippen LogP contribution in [0.15, 0.2) is 0 Å². The molecule has 2 atom stereocenters. The molecule has 0 heterocycles. The third kappa shape index (κ3) is 4.07. The molecule has 0 bridgehead atoms. The van der Waals surface area contributed by atoms with Gasteiger partial charge in [0.15, 0.2) is 0 Å². The van der Waals surface area contributed by atoms with Gasteiger partial charge < -0.3 is 4.79 Å². The first-order valence-corrected chi connectivity index (χ1v) is 6.53. The van der Waals surface area contributed by atoms with Crippen molar-refractivity contribution in [3.8, 4) is 0 Å². The minimum absolute atomic E-state index is 0.237. The van der Waals surface area contributed by atoms with Crippen LogP contribution in [0.2, 0.25) is 0 Å². The Morgan fingerprint density at radius 1 is 1.44 bits per heavy atom. The highest BCUT2D eigenvalue weighted by atomic mass is 16.1. The Kier molecular flexibility index (Phi) is 5.17. The Balaban J connectivity index is 2.37. The van der Waals surface area contributed by atoms with Crippen molar-refractivity contribution in [1.82, 2.24) is 0 Å². The van der Waals surface area contributed by atoms with Crippen LogP contribution in [0.3, 0.4) is 0 Å². The van der Waals surface area contributed by atoms with Crippen LogP contribution in [-0.2, 0) is 9.59 Å². The SMILES string of the molecule is CC(=O)CCC[C@@H]1C[C@H](C(C)C)CCC1=O. The van der Waals surface area contributed by atoms with E-state index in [0.717, 1.165) is 32.1 Å². The second kappa shape index (κ2) is 6.17. The van der Waals surface area contributed by atoms with Gasteiger partial charge in [-0.3, -0.25) is 4.79 Å². The monoisotopic (exact) mass is 224 g/mol. The number of rotatable bonds is 5. The van der Waals surface area contributed by atoms with E-state index in [4.69, 9.17) is 0 Å². The summed E-state index contributed by atoms with van der Waals surface area (Å²) in [6.07, 6.45) is 5.32. The van der Waals surface area contributed by atoms with E-state index in [9.17, 15) is 9.59 Å². The predicted molar refractivity (Wildman–Crippen MR) is 65.2 cm³/mol. The average molecular weight is 224 g/mol. The molecule has 1 aliphatic carbocycles. The highest BCUT2D eigenvalue weighted by Gasteiger charge is 2.29. The molecule has 0 aromatic heterocycles. The van der Waals surface area contributed by atoms with E-state index in [1.54, 1.807) is 6.92 Å². The molecule has 0 radical (unpaired) electrons. The van der Waals surface area contributed by atoms with Crippen LogP contribution in [0.1, 0.15) is 59.3 Å². The van der Waals surface area contributed by atoms with Gasteiger partial charge in [0.1, 0.15) is 11.6 Å². The summed E-state index contributed by atoms with van der Waals surface area (Å²) in [7, 11) is 0. The number of hydrogen-bond donors (Lipinski definition) is 0. The third-order valence-electron chi connectivity index (χ3n) is 3.83. The zero-order chi connectivity index (χ0) is 12.1. The lowest BCUT2D eigenvalue weighted by Gasteiger charge is -2.30. The molecule has 1 saturated carbocycles. The molecular weight excluding hydrogens is 200 g/mol. The molecule has 0 unspecified atom stereocenters. The molecule has 0 saturated heterocycles. The molecule has 1 rings (SSSR count). The van der Waals surface area contributed by atoms with Crippen molar-refractivity contribution in [1.29, 1.82) is 0 Å². The highest BCUT2D eigenvalue weighted by Crippen LogP contribution is 2.33. The first-order chi connectivity index (χ1) is 7.50. The van der Waals surface area contributed by atoms with Gasteiger partial charge in [-0.15, -0.1) is 0 Å². The Bertz CT molecular complexity index is 255. The summed E-state index contributed by atoms with van der Waals surface area (Å²) in [5, 5.41) is 0. The van der Waals surface area contributed by atoms with E-state index in [1.807, 2.05) is 0 Å². The zero-order valence-corrected chi connectivity index (χ0v) is 10.8. The molecule has 0 N–H and O–H groups in total. The van der Waals surface area contributed by atoms with Crippen LogP contribution in [0.25, 0.3) is 0 Å². The maximum absolute atomic E-state index is 11.8. The van der Waals surface area contributed by atoms with Gasteiger partial charge in [0, 0.05) is 18.8 Å². The minimum Gasteiger partial charge on any atom is -0.300 e. The van der Waals surface area contributed by atoms with Gasteiger partial charge >= 0.3 is 0 Å². The first-order valence-electron chi connectivity index (χ1n) is 6.53. The summed E-state index contributed by atoms with van der Waals surface area (Å²) >= 11 is 0. The Hall–Kier alpha value is -0.660. The minimum atomic E-state index is 0.237. The van der Waals surface area contributed by atoms with Crippen molar-refractivity contribution in [2.75, 3.05) is 0 Å². The summed E-state index contributed by atoms with van der Waals surface area (Å²) in [5.41, 5.74) is 0. The molecule has 0 spiro atoms. The van der Waals surface area contributed by atoms with Gasteiger partial charge in [-0.05, 0) is 44.4 Å². The number of ketones is 2. The van der Waals surface area contributed by atoms with Crippen LogP contribution in [0.5, 0.6) is 0 Å². The molecule has 2 nitrogen and oxygen atoms in total. The number of carbonyl (C=O) groups is 2. The zero-order valence-electron chi connectivity index (χ0n) is 10.8. The fourth-order valence-electron chi connectivity index (χ4n) is 2.63. The van der Waals surface area contributed by atoms with Crippen molar-refractivity contribution >= 4 is 11.6 Å². The lowest BCUT2D eigenvalue weighted by Crippen LogP contribution is -2.27. The van der Waals surface area contributed by atoms with E-state index < -0.39 is 0 Å².